The van der Waals surface area contributed by atoms with Crippen molar-refractivity contribution in [1.82, 2.24) is 4.90 Å². The highest BCUT2D eigenvalue weighted by Gasteiger charge is 2.41. The maximum atomic E-state index is 12.5. The van der Waals surface area contributed by atoms with Crippen molar-refractivity contribution in [2.24, 2.45) is 11.7 Å². The minimum atomic E-state index is -4.06. The van der Waals surface area contributed by atoms with Crippen LogP contribution in [0, 0.1) is 5.92 Å². The van der Waals surface area contributed by atoms with Gasteiger partial charge in [0.05, 0.1) is 18.7 Å². The predicted octanol–water partition coefficient (Wildman–Crippen LogP) is 2.51. The quantitative estimate of drug-likeness (QED) is 0.910. The van der Waals surface area contributed by atoms with Gasteiger partial charge in [-0.3, -0.25) is 4.90 Å². The molecule has 2 N–H and O–H groups in total. The number of nitrogens with two attached hydrogens (primary N) is 1. The number of furan rings is 1. The van der Waals surface area contributed by atoms with Crippen LogP contribution in [0.1, 0.15) is 24.2 Å². The Hall–Kier alpha value is -1.01. The van der Waals surface area contributed by atoms with Crippen molar-refractivity contribution in [2.45, 2.75) is 32.1 Å². The minimum Gasteiger partial charge on any atom is -0.468 e. The highest BCUT2D eigenvalue weighted by atomic mass is 19.4. The fourth-order valence-electron chi connectivity index (χ4n) is 2.31. The highest BCUT2D eigenvalue weighted by molar-refractivity contribution is 5.16. The zero-order valence-electron chi connectivity index (χ0n) is 10.0. The molecular weight excluding hydrogens is 245 g/mol. The zero-order chi connectivity index (χ0) is 13.2. The monoisotopic (exact) mass is 262 g/mol. The molecule has 0 aromatic carbocycles. The molecule has 0 spiro atoms. The first kappa shape index (κ1) is 13.4. The Bertz CT molecular complexity index is 381. The van der Waals surface area contributed by atoms with Crippen molar-refractivity contribution >= 4 is 0 Å². The molecule has 0 atom stereocenters. The number of hydrogen-bond donors (Lipinski definition) is 1. The first-order valence-electron chi connectivity index (χ1n) is 6.05. The summed E-state index contributed by atoms with van der Waals surface area (Å²) in [6.45, 7) is 1.85. The maximum Gasteiger partial charge on any atom is 0.391 e. The lowest BCUT2D eigenvalue weighted by atomic mass is 9.96. The minimum absolute atomic E-state index is 0.169. The van der Waals surface area contributed by atoms with E-state index in [4.69, 9.17) is 10.2 Å². The van der Waals surface area contributed by atoms with E-state index in [0.717, 1.165) is 11.3 Å². The second kappa shape index (κ2) is 5.32. The number of nitrogens with zero attached hydrogens (tertiary/aromatic N) is 1. The average molecular weight is 262 g/mol. The van der Waals surface area contributed by atoms with Crippen LogP contribution >= 0.6 is 0 Å². The van der Waals surface area contributed by atoms with E-state index in [9.17, 15) is 13.2 Å². The van der Waals surface area contributed by atoms with E-state index in [-0.39, 0.29) is 12.8 Å². The average Bonchev–Trinajstić information content (AvgIpc) is 2.76. The molecule has 1 aliphatic rings. The van der Waals surface area contributed by atoms with Gasteiger partial charge in [-0.25, -0.2) is 0 Å². The lowest BCUT2D eigenvalue weighted by molar-refractivity contribution is -0.185. The fraction of sp³-hybridized carbons (Fsp3) is 0.667. The van der Waals surface area contributed by atoms with Crippen molar-refractivity contribution in [1.29, 1.82) is 0 Å². The standard InChI is InChI=1S/C12H17F3N2O/c13-12(14,15)10-1-4-17(5-2-10)8-11-9(7-16)3-6-18-11/h3,6,10H,1-2,4-5,7-8,16H2. The SMILES string of the molecule is NCc1ccoc1CN1CCC(C(F)(F)F)CC1. The van der Waals surface area contributed by atoms with E-state index < -0.39 is 12.1 Å². The number of rotatable bonds is 3. The van der Waals surface area contributed by atoms with E-state index in [1.165, 1.54) is 0 Å². The summed E-state index contributed by atoms with van der Waals surface area (Å²) in [5, 5.41) is 0. The molecule has 6 heteroatoms. The van der Waals surface area contributed by atoms with Crippen LogP contribution in [0.4, 0.5) is 13.2 Å². The largest absolute Gasteiger partial charge is 0.468 e. The molecule has 0 aliphatic carbocycles. The van der Waals surface area contributed by atoms with Crippen LogP contribution in [0.2, 0.25) is 0 Å². The van der Waals surface area contributed by atoms with Gasteiger partial charge in [-0.1, -0.05) is 0 Å². The van der Waals surface area contributed by atoms with Crippen molar-refractivity contribution in [3.8, 4) is 0 Å². The van der Waals surface area contributed by atoms with Gasteiger partial charge < -0.3 is 10.2 Å². The molecular formula is C12H17F3N2O. The van der Waals surface area contributed by atoms with E-state index in [1.54, 1.807) is 12.3 Å². The molecule has 0 saturated carbocycles. The van der Waals surface area contributed by atoms with Crippen molar-refractivity contribution < 1.29 is 17.6 Å². The van der Waals surface area contributed by atoms with Crippen molar-refractivity contribution in [3.05, 3.63) is 23.7 Å². The molecule has 1 saturated heterocycles. The van der Waals surface area contributed by atoms with Crippen LogP contribution in [0.25, 0.3) is 0 Å². The van der Waals surface area contributed by atoms with Crippen LogP contribution in [0.3, 0.4) is 0 Å². The summed E-state index contributed by atoms with van der Waals surface area (Å²) >= 11 is 0. The van der Waals surface area contributed by atoms with Crippen molar-refractivity contribution in [2.75, 3.05) is 13.1 Å². The van der Waals surface area contributed by atoms with Gasteiger partial charge in [0.1, 0.15) is 5.76 Å². The van der Waals surface area contributed by atoms with Crippen LogP contribution in [-0.2, 0) is 13.1 Å². The molecule has 1 aliphatic heterocycles. The van der Waals surface area contributed by atoms with Gasteiger partial charge in [-0.05, 0) is 32.0 Å². The Labute approximate surface area is 104 Å². The summed E-state index contributed by atoms with van der Waals surface area (Å²) in [5.74, 6) is -0.387. The van der Waals surface area contributed by atoms with Crippen LogP contribution in [-0.4, -0.2) is 24.2 Å². The lowest BCUT2D eigenvalue weighted by Gasteiger charge is -2.32. The Kier molecular flexibility index (Phi) is 3.97. The molecule has 0 unspecified atom stereocenters. The number of alkyl halides is 3. The predicted molar refractivity (Wildman–Crippen MR) is 60.7 cm³/mol. The van der Waals surface area contributed by atoms with E-state index in [1.807, 2.05) is 4.90 Å². The van der Waals surface area contributed by atoms with Crippen LogP contribution in [0.15, 0.2) is 16.7 Å². The molecule has 0 radical (unpaired) electrons. The second-order valence-corrected chi connectivity index (χ2v) is 4.67. The van der Waals surface area contributed by atoms with Gasteiger partial charge in [0.2, 0.25) is 0 Å². The normalized spacial score (nSPS) is 19.3. The topological polar surface area (TPSA) is 42.4 Å². The number of likely N-dealkylation sites (tertiary alicyclic amines) is 1. The van der Waals surface area contributed by atoms with Gasteiger partial charge in [0.15, 0.2) is 0 Å². The van der Waals surface area contributed by atoms with Gasteiger partial charge in [-0.2, -0.15) is 13.2 Å². The van der Waals surface area contributed by atoms with Gasteiger partial charge >= 0.3 is 6.18 Å². The Balaban J connectivity index is 1.87. The Morgan fingerprint density at radius 1 is 1.33 bits per heavy atom. The smallest absolute Gasteiger partial charge is 0.391 e. The molecule has 0 amide bonds. The molecule has 1 fully saturated rings. The number of piperidine rings is 1. The zero-order valence-corrected chi connectivity index (χ0v) is 10.0. The Morgan fingerprint density at radius 3 is 2.56 bits per heavy atom. The second-order valence-electron chi connectivity index (χ2n) is 4.67. The third-order valence-electron chi connectivity index (χ3n) is 3.48. The van der Waals surface area contributed by atoms with Crippen LogP contribution in [0.5, 0.6) is 0 Å². The summed E-state index contributed by atoms with van der Waals surface area (Å²) in [4.78, 5) is 1.99. The third kappa shape index (κ3) is 3.05. The van der Waals surface area contributed by atoms with E-state index in [0.29, 0.717) is 26.2 Å². The van der Waals surface area contributed by atoms with Crippen LogP contribution < -0.4 is 5.73 Å². The summed E-state index contributed by atoms with van der Waals surface area (Å²) in [6, 6.07) is 1.80. The molecule has 0 bridgehead atoms. The van der Waals surface area contributed by atoms with E-state index in [2.05, 4.69) is 0 Å². The third-order valence-corrected chi connectivity index (χ3v) is 3.48. The first-order valence-corrected chi connectivity index (χ1v) is 6.05. The maximum absolute atomic E-state index is 12.5. The fourth-order valence-corrected chi connectivity index (χ4v) is 2.31. The molecule has 102 valence electrons. The first-order chi connectivity index (χ1) is 8.50. The molecule has 1 aromatic heterocycles. The number of hydrogen-bond acceptors (Lipinski definition) is 3. The van der Waals surface area contributed by atoms with Gasteiger partial charge in [-0.15, -0.1) is 0 Å². The summed E-state index contributed by atoms with van der Waals surface area (Å²) in [7, 11) is 0. The van der Waals surface area contributed by atoms with E-state index >= 15 is 0 Å². The summed E-state index contributed by atoms with van der Waals surface area (Å²) < 4.78 is 42.8. The molecule has 1 aromatic rings. The highest BCUT2D eigenvalue weighted by Crippen LogP contribution is 2.34. The number of halogens is 3. The molecule has 18 heavy (non-hydrogen) atoms. The molecule has 2 rings (SSSR count). The summed E-state index contributed by atoms with van der Waals surface area (Å²) in [6.07, 6.45) is -2.15. The van der Waals surface area contributed by atoms with Crippen molar-refractivity contribution in [3.63, 3.8) is 0 Å². The molecule has 2 heterocycles. The van der Waals surface area contributed by atoms with Gasteiger partial charge in [0.25, 0.3) is 0 Å². The lowest BCUT2D eigenvalue weighted by Crippen LogP contribution is -2.38. The van der Waals surface area contributed by atoms with Gasteiger partial charge in [0, 0.05) is 12.1 Å². The Morgan fingerprint density at radius 2 is 2.00 bits per heavy atom. The summed E-state index contributed by atoms with van der Waals surface area (Å²) in [5.41, 5.74) is 6.48. The molecule has 3 nitrogen and oxygen atoms in total.